The summed E-state index contributed by atoms with van der Waals surface area (Å²) in [5, 5.41) is 8.13. The van der Waals surface area contributed by atoms with Gasteiger partial charge in [-0.1, -0.05) is 12.1 Å². The van der Waals surface area contributed by atoms with Gasteiger partial charge in [-0.3, -0.25) is 0 Å². The molecule has 1 amide bonds. The number of methoxy groups -OCH3 is 1. The second-order valence-electron chi connectivity index (χ2n) is 7.28. The molecule has 0 N–H and O–H groups in total. The van der Waals surface area contributed by atoms with Crippen LogP contribution in [-0.2, 0) is 16.0 Å². The highest BCUT2D eigenvalue weighted by Gasteiger charge is 2.32. The van der Waals surface area contributed by atoms with E-state index in [4.69, 9.17) is 9.47 Å². The molecule has 1 aromatic rings. The first-order valence-electron chi connectivity index (χ1n) is 8.76. The van der Waals surface area contributed by atoms with E-state index < -0.39 is 11.6 Å². The van der Waals surface area contributed by atoms with Crippen LogP contribution < -0.4 is 0 Å². The lowest BCUT2D eigenvalue weighted by atomic mass is 9.92. The van der Waals surface area contributed by atoms with E-state index in [1.165, 1.54) is 7.11 Å². The molecule has 140 valence electrons. The molecule has 0 bridgehead atoms. The van der Waals surface area contributed by atoms with Gasteiger partial charge in [0.25, 0.3) is 0 Å². The average molecular weight is 352 g/mol. The number of likely N-dealkylation sites (tertiary alicyclic amines) is 1. The topological polar surface area (TPSA) is 86.6 Å². The van der Waals surface area contributed by atoms with Crippen LogP contribution in [0.3, 0.4) is 0 Å². The highest BCUT2D eigenvalue weighted by atomic mass is 16.6. The van der Waals surface area contributed by atoms with Crippen LogP contribution in [0.1, 0.15) is 69.1 Å². The maximum Gasteiger partial charge on any atom is 0.410 e. The number of amides is 1. The van der Waals surface area contributed by atoms with Gasteiger partial charge in [0.15, 0.2) is 5.69 Å². The van der Waals surface area contributed by atoms with Crippen LogP contribution in [0.25, 0.3) is 0 Å². The molecule has 2 heterocycles. The molecule has 1 aromatic heterocycles. The molecule has 1 aliphatic rings. The van der Waals surface area contributed by atoms with E-state index in [2.05, 4.69) is 10.3 Å². The van der Waals surface area contributed by atoms with Crippen LogP contribution in [-0.4, -0.2) is 57.8 Å². The Bertz CT molecular complexity index is 613. The standard InChI is InChI=1S/C17H28N4O4/c1-6-9-21-14(13(18-19-21)15(22)24-5)12-7-10-20(11-8-12)16(23)25-17(2,3)4/h12H,6-11H2,1-5H3. The number of nitrogens with zero attached hydrogens (tertiary/aromatic N) is 4. The summed E-state index contributed by atoms with van der Waals surface area (Å²) in [7, 11) is 1.34. The Labute approximate surface area is 148 Å². The zero-order chi connectivity index (χ0) is 18.6. The third-order valence-electron chi connectivity index (χ3n) is 4.12. The van der Waals surface area contributed by atoms with E-state index in [-0.39, 0.29) is 17.7 Å². The quantitative estimate of drug-likeness (QED) is 0.774. The van der Waals surface area contributed by atoms with Crippen molar-refractivity contribution in [1.82, 2.24) is 19.9 Å². The van der Waals surface area contributed by atoms with Gasteiger partial charge in [-0.05, 0) is 40.0 Å². The molecule has 1 aliphatic heterocycles. The Morgan fingerprint density at radius 3 is 2.40 bits per heavy atom. The third kappa shape index (κ3) is 4.70. The SMILES string of the molecule is CCCn1nnc(C(=O)OC)c1C1CCN(C(=O)OC(C)(C)C)CC1. The molecule has 0 saturated carbocycles. The molecule has 0 aliphatic carbocycles. The van der Waals surface area contributed by atoms with Crippen molar-refractivity contribution in [3.63, 3.8) is 0 Å². The van der Waals surface area contributed by atoms with E-state index in [0.29, 0.717) is 19.6 Å². The van der Waals surface area contributed by atoms with Crippen molar-refractivity contribution in [2.45, 2.75) is 65.0 Å². The van der Waals surface area contributed by atoms with Crippen LogP contribution in [0, 0.1) is 0 Å². The first-order chi connectivity index (χ1) is 11.8. The Morgan fingerprint density at radius 2 is 1.88 bits per heavy atom. The van der Waals surface area contributed by atoms with Gasteiger partial charge in [0.2, 0.25) is 0 Å². The highest BCUT2D eigenvalue weighted by molar-refractivity contribution is 5.88. The summed E-state index contributed by atoms with van der Waals surface area (Å²) in [6.45, 7) is 9.48. The summed E-state index contributed by atoms with van der Waals surface area (Å²) in [5.41, 5.74) is 0.597. The maximum atomic E-state index is 12.2. The number of hydrogen-bond donors (Lipinski definition) is 0. The van der Waals surface area contributed by atoms with Gasteiger partial charge in [0.1, 0.15) is 5.60 Å². The first-order valence-corrected chi connectivity index (χ1v) is 8.76. The number of esters is 1. The average Bonchev–Trinajstić information content (AvgIpc) is 2.96. The van der Waals surface area contributed by atoms with E-state index in [1.807, 2.05) is 27.7 Å². The number of carbonyl (C=O) groups is 2. The van der Waals surface area contributed by atoms with Crippen molar-refractivity contribution >= 4 is 12.1 Å². The fourth-order valence-electron chi connectivity index (χ4n) is 3.01. The Kier molecular flexibility index (Phi) is 6.02. The Balaban J connectivity index is 2.11. The molecule has 0 aromatic carbocycles. The van der Waals surface area contributed by atoms with Crippen molar-refractivity contribution in [3.05, 3.63) is 11.4 Å². The van der Waals surface area contributed by atoms with Crippen molar-refractivity contribution in [2.24, 2.45) is 0 Å². The largest absolute Gasteiger partial charge is 0.464 e. The van der Waals surface area contributed by atoms with E-state index in [0.717, 1.165) is 25.0 Å². The molecule has 0 unspecified atom stereocenters. The summed E-state index contributed by atoms with van der Waals surface area (Å²) in [6.07, 6.45) is 2.08. The molecule has 0 atom stereocenters. The number of aryl methyl sites for hydroxylation is 1. The lowest BCUT2D eigenvalue weighted by Crippen LogP contribution is -2.41. The number of aromatic nitrogens is 3. The van der Waals surface area contributed by atoms with Gasteiger partial charge >= 0.3 is 12.1 Å². The molecular formula is C17H28N4O4. The van der Waals surface area contributed by atoms with Crippen molar-refractivity contribution in [1.29, 1.82) is 0 Å². The van der Waals surface area contributed by atoms with E-state index in [1.54, 1.807) is 9.58 Å². The second kappa shape index (κ2) is 7.84. The van der Waals surface area contributed by atoms with E-state index in [9.17, 15) is 9.59 Å². The molecular weight excluding hydrogens is 324 g/mol. The smallest absolute Gasteiger partial charge is 0.410 e. The highest BCUT2D eigenvalue weighted by Crippen LogP contribution is 2.30. The van der Waals surface area contributed by atoms with Crippen molar-refractivity contribution in [3.8, 4) is 0 Å². The molecule has 8 heteroatoms. The van der Waals surface area contributed by atoms with Gasteiger partial charge in [0.05, 0.1) is 12.8 Å². The summed E-state index contributed by atoms with van der Waals surface area (Å²) in [6, 6.07) is 0. The zero-order valence-electron chi connectivity index (χ0n) is 15.7. The second-order valence-corrected chi connectivity index (χ2v) is 7.28. The normalized spacial score (nSPS) is 16.0. The van der Waals surface area contributed by atoms with Gasteiger partial charge in [-0.2, -0.15) is 0 Å². The summed E-state index contributed by atoms with van der Waals surface area (Å²) >= 11 is 0. The number of ether oxygens (including phenoxy) is 2. The minimum absolute atomic E-state index is 0.120. The molecule has 0 radical (unpaired) electrons. The van der Waals surface area contributed by atoms with Gasteiger partial charge in [-0.15, -0.1) is 5.10 Å². The summed E-state index contributed by atoms with van der Waals surface area (Å²) in [4.78, 5) is 25.9. The Hall–Kier alpha value is -2.12. The number of piperidine rings is 1. The number of carbonyl (C=O) groups excluding carboxylic acids is 2. The molecule has 8 nitrogen and oxygen atoms in total. The Morgan fingerprint density at radius 1 is 1.24 bits per heavy atom. The van der Waals surface area contributed by atoms with E-state index >= 15 is 0 Å². The number of hydrogen-bond acceptors (Lipinski definition) is 6. The summed E-state index contributed by atoms with van der Waals surface area (Å²) in [5.74, 6) is -0.346. The third-order valence-corrected chi connectivity index (χ3v) is 4.12. The summed E-state index contributed by atoms with van der Waals surface area (Å²) < 4.78 is 12.1. The lowest BCUT2D eigenvalue weighted by Gasteiger charge is -2.33. The van der Waals surface area contributed by atoms with Crippen molar-refractivity contribution < 1.29 is 19.1 Å². The van der Waals surface area contributed by atoms with Crippen LogP contribution in [0.15, 0.2) is 0 Å². The van der Waals surface area contributed by atoms with Crippen LogP contribution in [0.5, 0.6) is 0 Å². The minimum Gasteiger partial charge on any atom is -0.464 e. The zero-order valence-corrected chi connectivity index (χ0v) is 15.7. The van der Waals surface area contributed by atoms with Crippen LogP contribution >= 0.6 is 0 Å². The lowest BCUT2D eigenvalue weighted by molar-refractivity contribution is 0.0202. The molecule has 2 rings (SSSR count). The van der Waals surface area contributed by atoms with Gasteiger partial charge in [-0.25, -0.2) is 14.3 Å². The predicted octanol–water partition coefficient (Wildman–Crippen LogP) is 2.59. The fraction of sp³-hybridized carbons (Fsp3) is 0.765. The van der Waals surface area contributed by atoms with Crippen LogP contribution in [0.4, 0.5) is 4.79 Å². The molecule has 25 heavy (non-hydrogen) atoms. The fourth-order valence-corrected chi connectivity index (χ4v) is 3.01. The minimum atomic E-state index is -0.504. The molecule has 1 fully saturated rings. The van der Waals surface area contributed by atoms with Gasteiger partial charge < -0.3 is 14.4 Å². The van der Waals surface area contributed by atoms with Crippen molar-refractivity contribution in [2.75, 3.05) is 20.2 Å². The monoisotopic (exact) mass is 352 g/mol. The first kappa shape index (κ1) is 19.2. The van der Waals surface area contributed by atoms with Gasteiger partial charge in [0, 0.05) is 25.6 Å². The molecule has 0 spiro atoms. The predicted molar refractivity (Wildman–Crippen MR) is 91.4 cm³/mol. The molecule has 1 saturated heterocycles. The number of rotatable bonds is 4. The maximum absolute atomic E-state index is 12.2. The van der Waals surface area contributed by atoms with Crippen LogP contribution in [0.2, 0.25) is 0 Å².